The van der Waals surface area contributed by atoms with E-state index in [2.05, 4.69) is 0 Å². The summed E-state index contributed by atoms with van der Waals surface area (Å²) in [6, 6.07) is 4.31. The van der Waals surface area contributed by atoms with Gasteiger partial charge in [0.2, 0.25) is 10.0 Å². The van der Waals surface area contributed by atoms with Crippen LogP contribution < -0.4 is 5.73 Å². The van der Waals surface area contributed by atoms with E-state index in [4.69, 9.17) is 5.73 Å². The summed E-state index contributed by atoms with van der Waals surface area (Å²) < 4.78 is 61.3. The van der Waals surface area contributed by atoms with Gasteiger partial charge in [0, 0.05) is 19.3 Å². The van der Waals surface area contributed by atoms with Crippen LogP contribution in [0.25, 0.3) is 0 Å². The van der Waals surface area contributed by atoms with Gasteiger partial charge >= 0.3 is 6.18 Å². The molecule has 8 heteroatoms. The third kappa shape index (κ3) is 3.84. The van der Waals surface area contributed by atoms with Gasteiger partial charge in [-0.3, -0.25) is 0 Å². The largest absolute Gasteiger partial charge is 0.398 e. The lowest BCUT2D eigenvalue weighted by Crippen LogP contribution is -2.31. The van der Waals surface area contributed by atoms with Crippen LogP contribution in [0.5, 0.6) is 0 Å². The van der Waals surface area contributed by atoms with Crippen LogP contribution >= 0.6 is 0 Å². The molecule has 0 saturated heterocycles. The molecule has 0 aliphatic heterocycles. The number of hydrogen-bond acceptors (Lipinski definition) is 3. The average Bonchev–Trinajstić information content (AvgIpc) is 2.28. The molecule has 0 fully saturated rings. The molecule has 19 heavy (non-hydrogen) atoms. The summed E-state index contributed by atoms with van der Waals surface area (Å²) in [5.41, 5.74) is 6.21. The van der Waals surface area contributed by atoms with Crippen LogP contribution in [0.1, 0.15) is 12.0 Å². The normalized spacial score (nSPS) is 12.9. The number of nitrogen functional groups attached to an aromatic ring is 1. The number of nitrogens with zero attached hydrogens (tertiary/aromatic N) is 1. The maximum absolute atomic E-state index is 12.1. The number of sulfonamides is 1. The Labute approximate surface area is 110 Å². The van der Waals surface area contributed by atoms with Gasteiger partial charge < -0.3 is 5.73 Å². The molecule has 1 aromatic carbocycles. The lowest BCUT2D eigenvalue weighted by Gasteiger charge is -2.19. The van der Waals surface area contributed by atoms with Crippen molar-refractivity contribution < 1.29 is 21.6 Å². The van der Waals surface area contributed by atoms with Crippen LogP contribution in [0.15, 0.2) is 23.1 Å². The Hall–Kier alpha value is -1.28. The zero-order chi connectivity index (χ0) is 14.8. The highest BCUT2D eigenvalue weighted by atomic mass is 32.2. The first-order valence-electron chi connectivity index (χ1n) is 5.44. The highest BCUT2D eigenvalue weighted by molar-refractivity contribution is 7.89. The van der Waals surface area contributed by atoms with Gasteiger partial charge in [-0.2, -0.15) is 13.2 Å². The molecule has 0 unspecified atom stereocenters. The highest BCUT2D eigenvalue weighted by Crippen LogP contribution is 2.25. The summed E-state index contributed by atoms with van der Waals surface area (Å²) in [5.74, 6) is 0. The fourth-order valence-corrected chi connectivity index (χ4v) is 2.91. The van der Waals surface area contributed by atoms with E-state index < -0.39 is 29.2 Å². The molecule has 2 N–H and O–H groups in total. The van der Waals surface area contributed by atoms with Crippen molar-refractivity contribution >= 4 is 15.7 Å². The summed E-state index contributed by atoms with van der Waals surface area (Å²) in [6.07, 6.45) is -5.58. The fourth-order valence-electron chi connectivity index (χ4n) is 1.48. The molecule has 0 spiro atoms. The first kappa shape index (κ1) is 15.8. The smallest absolute Gasteiger partial charge is 0.390 e. The van der Waals surface area contributed by atoms with Crippen molar-refractivity contribution in [3.63, 3.8) is 0 Å². The number of hydrogen-bond donors (Lipinski definition) is 1. The SMILES string of the molecule is Cc1c(N)cccc1S(=O)(=O)N(C)CCC(F)(F)F. The van der Waals surface area contributed by atoms with Crippen molar-refractivity contribution in [1.82, 2.24) is 4.31 Å². The van der Waals surface area contributed by atoms with Gasteiger partial charge in [-0.15, -0.1) is 0 Å². The Balaban J connectivity index is 3.01. The van der Waals surface area contributed by atoms with Crippen molar-refractivity contribution in [2.24, 2.45) is 0 Å². The van der Waals surface area contributed by atoms with E-state index in [1.165, 1.54) is 25.1 Å². The lowest BCUT2D eigenvalue weighted by molar-refractivity contribution is -0.135. The second-order valence-electron chi connectivity index (χ2n) is 4.16. The first-order valence-corrected chi connectivity index (χ1v) is 6.88. The molecule has 0 radical (unpaired) electrons. The van der Waals surface area contributed by atoms with Gasteiger partial charge in [-0.25, -0.2) is 12.7 Å². The van der Waals surface area contributed by atoms with Crippen molar-refractivity contribution in [2.45, 2.75) is 24.4 Å². The van der Waals surface area contributed by atoms with Crippen molar-refractivity contribution in [3.05, 3.63) is 23.8 Å². The molecule has 0 atom stereocenters. The van der Waals surface area contributed by atoms with E-state index in [1.54, 1.807) is 0 Å². The monoisotopic (exact) mass is 296 g/mol. The minimum Gasteiger partial charge on any atom is -0.398 e. The zero-order valence-electron chi connectivity index (χ0n) is 10.5. The molecule has 0 heterocycles. The Morgan fingerprint density at radius 3 is 2.42 bits per heavy atom. The van der Waals surface area contributed by atoms with Gasteiger partial charge in [0.15, 0.2) is 0 Å². The van der Waals surface area contributed by atoms with Crippen LogP contribution in [0.2, 0.25) is 0 Å². The molecule has 0 saturated carbocycles. The molecule has 0 aliphatic carbocycles. The molecular weight excluding hydrogens is 281 g/mol. The summed E-state index contributed by atoms with van der Waals surface area (Å²) in [7, 11) is -2.85. The number of nitrogens with two attached hydrogens (primary N) is 1. The Bertz CT molecular complexity index is 556. The van der Waals surface area contributed by atoms with Crippen LogP contribution in [0.3, 0.4) is 0 Å². The fraction of sp³-hybridized carbons (Fsp3) is 0.455. The van der Waals surface area contributed by atoms with Crippen LogP contribution in [0, 0.1) is 6.92 Å². The van der Waals surface area contributed by atoms with E-state index in [0.717, 1.165) is 7.05 Å². The molecule has 1 rings (SSSR count). The van der Waals surface area contributed by atoms with E-state index >= 15 is 0 Å². The summed E-state index contributed by atoms with van der Waals surface area (Å²) in [6.45, 7) is 0.889. The number of halogens is 3. The van der Waals surface area contributed by atoms with Gasteiger partial charge in [0.1, 0.15) is 0 Å². The minimum absolute atomic E-state index is 0.0721. The molecule has 0 aromatic heterocycles. The van der Waals surface area contributed by atoms with Crippen LogP contribution in [-0.4, -0.2) is 32.5 Å². The second kappa shape index (κ2) is 5.38. The predicted molar refractivity (Wildman–Crippen MR) is 66.1 cm³/mol. The van der Waals surface area contributed by atoms with Gasteiger partial charge in [-0.05, 0) is 24.6 Å². The summed E-state index contributed by atoms with van der Waals surface area (Å²) in [5, 5.41) is 0. The minimum atomic E-state index is -4.39. The Kier molecular flexibility index (Phi) is 4.46. The highest BCUT2D eigenvalue weighted by Gasteiger charge is 2.31. The van der Waals surface area contributed by atoms with E-state index in [9.17, 15) is 21.6 Å². The summed E-state index contributed by atoms with van der Waals surface area (Å²) in [4.78, 5) is -0.0721. The van der Waals surface area contributed by atoms with Crippen LogP contribution in [-0.2, 0) is 10.0 Å². The van der Waals surface area contributed by atoms with Crippen molar-refractivity contribution in [3.8, 4) is 0 Å². The first-order chi connectivity index (χ1) is 8.55. The molecule has 1 aromatic rings. The summed E-state index contributed by atoms with van der Waals surface area (Å²) >= 11 is 0. The molecule has 108 valence electrons. The van der Waals surface area contributed by atoms with Crippen molar-refractivity contribution in [1.29, 1.82) is 0 Å². The van der Waals surface area contributed by atoms with Crippen molar-refractivity contribution in [2.75, 3.05) is 19.3 Å². The van der Waals surface area contributed by atoms with Gasteiger partial charge in [0.25, 0.3) is 0 Å². The number of anilines is 1. The third-order valence-electron chi connectivity index (χ3n) is 2.72. The Morgan fingerprint density at radius 1 is 1.32 bits per heavy atom. The van der Waals surface area contributed by atoms with E-state index in [0.29, 0.717) is 9.87 Å². The molecule has 4 nitrogen and oxygen atoms in total. The van der Waals surface area contributed by atoms with Gasteiger partial charge in [-0.1, -0.05) is 6.07 Å². The van der Waals surface area contributed by atoms with Gasteiger partial charge in [0.05, 0.1) is 11.3 Å². The number of benzene rings is 1. The number of rotatable bonds is 4. The van der Waals surface area contributed by atoms with E-state index in [1.807, 2.05) is 0 Å². The zero-order valence-corrected chi connectivity index (χ0v) is 11.3. The van der Waals surface area contributed by atoms with E-state index in [-0.39, 0.29) is 10.6 Å². The lowest BCUT2D eigenvalue weighted by atomic mass is 10.2. The standard InChI is InChI=1S/C11H15F3N2O2S/c1-8-9(15)4-3-5-10(8)19(17,18)16(2)7-6-11(12,13)14/h3-5H,6-7,15H2,1-2H3. The molecule has 0 aliphatic rings. The van der Waals surface area contributed by atoms with Crippen LogP contribution in [0.4, 0.5) is 18.9 Å². The maximum atomic E-state index is 12.1. The molecule has 0 amide bonds. The Morgan fingerprint density at radius 2 is 1.89 bits per heavy atom. The maximum Gasteiger partial charge on any atom is 0.390 e. The molecular formula is C11H15F3N2O2S. The quantitative estimate of drug-likeness (QED) is 0.866. The topological polar surface area (TPSA) is 63.4 Å². The molecule has 0 bridgehead atoms. The average molecular weight is 296 g/mol. The predicted octanol–water partition coefficient (Wildman–Crippen LogP) is 2.15. The third-order valence-corrected chi connectivity index (χ3v) is 4.73. The second-order valence-corrected chi connectivity index (χ2v) is 6.18. The number of alkyl halides is 3.